The second-order valence-electron chi connectivity index (χ2n) is 7.08. The Bertz CT molecular complexity index is 954. The number of anilines is 1. The molecule has 1 N–H and O–H groups in total. The molecule has 3 aromatic rings. The molecule has 1 fully saturated rings. The van der Waals surface area contributed by atoms with Gasteiger partial charge in [0.05, 0.1) is 13.2 Å². The van der Waals surface area contributed by atoms with Gasteiger partial charge in [-0.3, -0.25) is 4.79 Å². The minimum absolute atomic E-state index is 0.00502. The van der Waals surface area contributed by atoms with Crippen molar-refractivity contribution in [2.24, 2.45) is 0 Å². The van der Waals surface area contributed by atoms with Gasteiger partial charge in [-0.25, -0.2) is 4.98 Å². The molecule has 0 unspecified atom stereocenters. The zero-order valence-corrected chi connectivity index (χ0v) is 16.8. The van der Waals surface area contributed by atoms with E-state index in [1.165, 1.54) is 0 Å². The molecule has 0 bridgehead atoms. The maximum atomic E-state index is 12.3. The van der Waals surface area contributed by atoms with Gasteiger partial charge in [-0.05, 0) is 24.6 Å². The third-order valence-electron chi connectivity index (χ3n) is 4.94. The standard InChI is InChI=1S/C22H25N5O3/c28-19(9-4-10-20-25-26-22(30-20)17-6-2-1-3-7-17)24-16-18-8-5-11-23-21(18)27-12-14-29-15-13-27/h1-3,5-8,11H,4,9-10,12-16H2,(H,24,28). The Kier molecular flexibility index (Phi) is 6.66. The van der Waals surface area contributed by atoms with Crippen LogP contribution in [0, 0.1) is 0 Å². The van der Waals surface area contributed by atoms with Crippen LogP contribution in [0.2, 0.25) is 0 Å². The van der Waals surface area contributed by atoms with E-state index in [4.69, 9.17) is 9.15 Å². The van der Waals surface area contributed by atoms with E-state index in [0.717, 1.165) is 30.0 Å². The fourth-order valence-corrected chi connectivity index (χ4v) is 3.36. The first kappa shape index (κ1) is 20.0. The number of rotatable bonds is 8. The van der Waals surface area contributed by atoms with Crippen LogP contribution in [0.4, 0.5) is 5.82 Å². The second kappa shape index (κ2) is 9.98. The molecule has 8 nitrogen and oxygen atoms in total. The van der Waals surface area contributed by atoms with E-state index in [0.29, 0.717) is 50.8 Å². The molecular formula is C22H25N5O3. The Morgan fingerprint density at radius 3 is 2.73 bits per heavy atom. The number of carbonyl (C=O) groups is 1. The van der Waals surface area contributed by atoms with Crippen molar-refractivity contribution < 1.29 is 13.9 Å². The zero-order chi connectivity index (χ0) is 20.6. The molecule has 30 heavy (non-hydrogen) atoms. The van der Waals surface area contributed by atoms with E-state index in [1.807, 2.05) is 42.5 Å². The predicted octanol–water partition coefficient (Wildman–Crippen LogP) is 2.61. The van der Waals surface area contributed by atoms with Gasteiger partial charge in [-0.1, -0.05) is 24.3 Å². The lowest BCUT2D eigenvalue weighted by Crippen LogP contribution is -2.37. The molecule has 2 aromatic heterocycles. The Labute approximate surface area is 175 Å². The van der Waals surface area contributed by atoms with E-state index in [2.05, 4.69) is 25.4 Å². The van der Waals surface area contributed by atoms with Crippen molar-refractivity contribution in [3.05, 3.63) is 60.1 Å². The lowest BCUT2D eigenvalue weighted by molar-refractivity contribution is -0.121. The minimum Gasteiger partial charge on any atom is -0.421 e. The summed E-state index contributed by atoms with van der Waals surface area (Å²) in [4.78, 5) is 19.0. The maximum absolute atomic E-state index is 12.3. The van der Waals surface area contributed by atoms with Crippen molar-refractivity contribution in [2.45, 2.75) is 25.8 Å². The van der Waals surface area contributed by atoms with Crippen LogP contribution >= 0.6 is 0 Å². The number of carbonyl (C=O) groups excluding carboxylic acids is 1. The predicted molar refractivity (Wildman–Crippen MR) is 112 cm³/mol. The van der Waals surface area contributed by atoms with Crippen LogP contribution in [-0.4, -0.2) is 47.4 Å². The molecule has 0 spiro atoms. The Balaban J connectivity index is 1.24. The molecule has 1 aromatic carbocycles. The van der Waals surface area contributed by atoms with Gasteiger partial charge in [0.2, 0.25) is 17.7 Å². The first-order valence-electron chi connectivity index (χ1n) is 10.2. The van der Waals surface area contributed by atoms with Gasteiger partial charge >= 0.3 is 0 Å². The molecule has 1 amide bonds. The quantitative estimate of drug-likeness (QED) is 0.613. The van der Waals surface area contributed by atoms with Crippen molar-refractivity contribution in [3.8, 4) is 11.5 Å². The van der Waals surface area contributed by atoms with Gasteiger partial charge in [0.15, 0.2) is 0 Å². The molecule has 3 heterocycles. The molecule has 0 atom stereocenters. The number of nitrogens with zero attached hydrogens (tertiary/aromatic N) is 4. The van der Waals surface area contributed by atoms with Crippen LogP contribution in [0.3, 0.4) is 0 Å². The van der Waals surface area contributed by atoms with Gasteiger partial charge in [0, 0.05) is 49.8 Å². The highest BCUT2D eigenvalue weighted by Gasteiger charge is 2.16. The first-order chi connectivity index (χ1) is 14.8. The third kappa shape index (κ3) is 5.21. The number of benzene rings is 1. The van der Waals surface area contributed by atoms with E-state index in [9.17, 15) is 4.79 Å². The summed E-state index contributed by atoms with van der Waals surface area (Å²) in [5.74, 6) is 1.96. The molecule has 1 aliphatic heterocycles. The number of nitrogens with one attached hydrogen (secondary N) is 1. The van der Waals surface area contributed by atoms with Crippen LogP contribution in [-0.2, 0) is 22.5 Å². The van der Waals surface area contributed by atoms with Crippen molar-refractivity contribution in [1.29, 1.82) is 0 Å². The number of ether oxygens (including phenoxy) is 1. The fourth-order valence-electron chi connectivity index (χ4n) is 3.36. The number of aryl methyl sites for hydroxylation is 1. The van der Waals surface area contributed by atoms with Crippen molar-refractivity contribution in [3.63, 3.8) is 0 Å². The summed E-state index contributed by atoms with van der Waals surface area (Å²) >= 11 is 0. The van der Waals surface area contributed by atoms with E-state index in [1.54, 1.807) is 6.20 Å². The topological polar surface area (TPSA) is 93.4 Å². The van der Waals surface area contributed by atoms with E-state index in [-0.39, 0.29) is 5.91 Å². The van der Waals surface area contributed by atoms with Gasteiger partial charge in [0.25, 0.3) is 0 Å². The molecule has 0 radical (unpaired) electrons. The average Bonchev–Trinajstić information content (AvgIpc) is 3.28. The fraction of sp³-hybridized carbons (Fsp3) is 0.364. The lowest BCUT2D eigenvalue weighted by atomic mass is 10.2. The highest BCUT2D eigenvalue weighted by atomic mass is 16.5. The molecule has 8 heteroatoms. The number of aromatic nitrogens is 3. The normalized spacial score (nSPS) is 13.9. The molecule has 1 saturated heterocycles. The summed E-state index contributed by atoms with van der Waals surface area (Å²) in [7, 11) is 0. The number of morpholine rings is 1. The summed E-state index contributed by atoms with van der Waals surface area (Å²) in [6, 6.07) is 13.5. The third-order valence-corrected chi connectivity index (χ3v) is 4.94. The Morgan fingerprint density at radius 2 is 1.90 bits per heavy atom. The van der Waals surface area contributed by atoms with Crippen LogP contribution in [0.25, 0.3) is 11.5 Å². The SMILES string of the molecule is O=C(CCCc1nnc(-c2ccccc2)o1)NCc1cccnc1N1CCOCC1. The maximum Gasteiger partial charge on any atom is 0.247 e. The number of hydrogen-bond donors (Lipinski definition) is 1. The van der Waals surface area contributed by atoms with Gasteiger partial charge in [0.1, 0.15) is 5.82 Å². The zero-order valence-electron chi connectivity index (χ0n) is 16.8. The smallest absolute Gasteiger partial charge is 0.247 e. The largest absolute Gasteiger partial charge is 0.421 e. The van der Waals surface area contributed by atoms with Crippen LogP contribution in [0.5, 0.6) is 0 Å². The second-order valence-corrected chi connectivity index (χ2v) is 7.08. The van der Waals surface area contributed by atoms with E-state index >= 15 is 0 Å². The van der Waals surface area contributed by atoms with Gasteiger partial charge < -0.3 is 19.4 Å². The summed E-state index contributed by atoms with van der Waals surface area (Å²) in [5, 5.41) is 11.1. The van der Waals surface area contributed by atoms with Crippen molar-refractivity contribution >= 4 is 11.7 Å². The molecular weight excluding hydrogens is 382 g/mol. The highest BCUT2D eigenvalue weighted by Crippen LogP contribution is 2.19. The molecule has 1 aliphatic rings. The molecule has 0 aliphatic carbocycles. The highest BCUT2D eigenvalue weighted by molar-refractivity contribution is 5.76. The van der Waals surface area contributed by atoms with Gasteiger partial charge in [-0.15, -0.1) is 10.2 Å². The summed E-state index contributed by atoms with van der Waals surface area (Å²) in [6.07, 6.45) is 3.39. The van der Waals surface area contributed by atoms with Crippen molar-refractivity contribution in [1.82, 2.24) is 20.5 Å². The molecule has 0 saturated carbocycles. The number of amides is 1. The lowest BCUT2D eigenvalue weighted by Gasteiger charge is -2.29. The monoisotopic (exact) mass is 407 g/mol. The first-order valence-corrected chi connectivity index (χ1v) is 10.2. The van der Waals surface area contributed by atoms with Crippen LogP contribution in [0.15, 0.2) is 53.1 Å². The van der Waals surface area contributed by atoms with E-state index < -0.39 is 0 Å². The summed E-state index contributed by atoms with van der Waals surface area (Å²) in [5.41, 5.74) is 1.90. The van der Waals surface area contributed by atoms with Gasteiger partial charge in [-0.2, -0.15) is 0 Å². The summed E-state index contributed by atoms with van der Waals surface area (Å²) in [6.45, 7) is 3.48. The molecule has 4 rings (SSSR count). The number of pyridine rings is 1. The minimum atomic E-state index is -0.00502. The molecule has 156 valence electrons. The van der Waals surface area contributed by atoms with Crippen molar-refractivity contribution in [2.75, 3.05) is 31.2 Å². The summed E-state index contributed by atoms with van der Waals surface area (Å²) < 4.78 is 11.1. The van der Waals surface area contributed by atoms with Crippen LogP contribution in [0.1, 0.15) is 24.3 Å². The Hall–Kier alpha value is -3.26. The average molecular weight is 407 g/mol. The van der Waals surface area contributed by atoms with Crippen LogP contribution < -0.4 is 10.2 Å². The number of hydrogen-bond acceptors (Lipinski definition) is 7. The Morgan fingerprint density at radius 1 is 1.07 bits per heavy atom.